The number of carbonyl (C=O) groups is 1. The van der Waals surface area contributed by atoms with Crippen molar-refractivity contribution in [1.29, 1.82) is 0 Å². The Bertz CT molecular complexity index is 360. The number of nitrogens with zero attached hydrogens (tertiary/aromatic N) is 1. The number of hydrogen-bond donors (Lipinski definition) is 1. The third kappa shape index (κ3) is 3.27. The first-order valence-electron chi connectivity index (χ1n) is 7.31. The average Bonchev–Trinajstić information content (AvgIpc) is 2.36. The SMILES string of the molecule is CC1(C)CNCCN1C(=O)C1CCC(C(F)(F)F)CC1. The second kappa shape index (κ2) is 5.54. The van der Waals surface area contributed by atoms with Crippen molar-refractivity contribution in [2.45, 2.75) is 51.2 Å². The quantitative estimate of drug-likeness (QED) is 0.805. The molecule has 1 amide bonds. The third-order valence-electron chi connectivity index (χ3n) is 4.61. The van der Waals surface area contributed by atoms with Gasteiger partial charge in [0.2, 0.25) is 5.91 Å². The summed E-state index contributed by atoms with van der Waals surface area (Å²) in [5.74, 6) is -1.41. The topological polar surface area (TPSA) is 32.3 Å². The minimum absolute atomic E-state index is 0.0390. The molecule has 0 spiro atoms. The largest absolute Gasteiger partial charge is 0.391 e. The van der Waals surface area contributed by atoms with E-state index in [9.17, 15) is 18.0 Å². The van der Waals surface area contributed by atoms with Gasteiger partial charge in [-0.3, -0.25) is 4.79 Å². The Kier molecular flexibility index (Phi) is 4.33. The normalized spacial score (nSPS) is 31.1. The van der Waals surface area contributed by atoms with Gasteiger partial charge in [0, 0.05) is 31.1 Å². The first-order valence-corrected chi connectivity index (χ1v) is 7.31. The van der Waals surface area contributed by atoms with Crippen molar-refractivity contribution < 1.29 is 18.0 Å². The van der Waals surface area contributed by atoms with Gasteiger partial charge in [-0.15, -0.1) is 0 Å². The molecule has 1 N–H and O–H groups in total. The zero-order valence-electron chi connectivity index (χ0n) is 12.1. The van der Waals surface area contributed by atoms with Gasteiger partial charge in [-0.1, -0.05) is 0 Å². The second-order valence-corrected chi connectivity index (χ2v) is 6.57. The van der Waals surface area contributed by atoms with E-state index in [1.54, 1.807) is 0 Å². The van der Waals surface area contributed by atoms with Crippen LogP contribution in [0.15, 0.2) is 0 Å². The zero-order valence-corrected chi connectivity index (χ0v) is 12.1. The van der Waals surface area contributed by atoms with Gasteiger partial charge in [-0.2, -0.15) is 13.2 Å². The molecule has 2 rings (SSSR count). The lowest BCUT2D eigenvalue weighted by atomic mass is 9.80. The van der Waals surface area contributed by atoms with Gasteiger partial charge >= 0.3 is 6.18 Å². The highest BCUT2D eigenvalue weighted by Gasteiger charge is 2.44. The van der Waals surface area contributed by atoms with Crippen molar-refractivity contribution >= 4 is 5.91 Å². The van der Waals surface area contributed by atoms with Crippen molar-refractivity contribution in [2.75, 3.05) is 19.6 Å². The van der Waals surface area contributed by atoms with Crippen molar-refractivity contribution in [1.82, 2.24) is 10.2 Å². The molecule has 20 heavy (non-hydrogen) atoms. The number of halogens is 3. The molecule has 116 valence electrons. The first-order chi connectivity index (χ1) is 9.22. The lowest BCUT2D eigenvalue weighted by Gasteiger charge is -2.45. The molecule has 1 aliphatic heterocycles. The van der Waals surface area contributed by atoms with E-state index in [0.29, 0.717) is 19.4 Å². The van der Waals surface area contributed by atoms with Gasteiger partial charge in [0.1, 0.15) is 0 Å². The van der Waals surface area contributed by atoms with Crippen LogP contribution in [0, 0.1) is 11.8 Å². The summed E-state index contributed by atoms with van der Waals surface area (Å²) in [6.07, 6.45) is -3.20. The molecular formula is C14H23F3N2O. The number of hydrogen-bond acceptors (Lipinski definition) is 2. The van der Waals surface area contributed by atoms with Gasteiger partial charge in [-0.05, 0) is 39.5 Å². The molecule has 0 aromatic rings. The van der Waals surface area contributed by atoms with Gasteiger partial charge in [0.15, 0.2) is 0 Å². The summed E-state index contributed by atoms with van der Waals surface area (Å²) in [7, 11) is 0. The fraction of sp³-hybridized carbons (Fsp3) is 0.929. The standard InChI is InChI=1S/C14H23F3N2O/c1-13(2)9-18-7-8-19(13)12(20)10-3-5-11(6-4-10)14(15,16)17/h10-11,18H,3-9H2,1-2H3. The van der Waals surface area contributed by atoms with Crippen LogP contribution >= 0.6 is 0 Å². The number of carbonyl (C=O) groups excluding carboxylic acids is 1. The Hall–Kier alpha value is -0.780. The van der Waals surface area contributed by atoms with Gasteiger partial charge in [0.05, 0.1) is 5.92 Å². The van der Waals surface area contributed by atoms with Crippen LogP contribution in [0.1, 0.15) is 39.5 Å². The summed E-state index contributed by atoms with van der Waals surface area (Å²) < 4.78 is 37.9. The molecule has 6 heteroatoms. The molecule has 0 radical (unpaired) electrons. The monoisotopic (exact) mass is 292 g/mol. The minimum atomic E-state index is -4.11. The zero-order chi connectivity index (χ0) is 15.0. The van der Waals surface area contributed by atoms with Crippen LogP contribution in [-0.4, -0.2) is 42.2 Å². The van der Waals surface area contributed by atoms with E-state index >= 15 is 0 Å². The Morgan fingerprint density at radius 3 is 2.30 bits per heavy atom. The molecule has 1 saturated carbocycles. The summed E-state index contributed by atoms with van der Waals surface area (Å²) in [6.45, 7) is 6.13. The summed E-state index contributed by atoms with van der Waals surface area (Å²) in [5.41, 5.74) is -0.254. The highest BCUT2D eigenvalue weighted by molar-refractivity contribution is 5.79. The van der Waals surface area contributed by atoms with E-state index in [1.807, 2.05) is 18.7 Å². The van der Waals surface area contributed by atoms with E-state index in [2.05, 4.69) is 5.32 Å². The Labute approximate surface area is 117 Å². The van der Waals surface area contributed by atoms with Crippen LogP contribution in [-0.2, 0) is 4.79 Å². The number of piperazine rings is 1. The van der Waals surface area contributed by atoms with Crippen LogP contribution < -0.4 is 5.32 Å². The van der Waals surface area contributed by atoms with Crippen LogP contribution in [0.3, 0.4) is 0 Å². The maximum atomic E-state index is 12.6. The highest BCUT2D eigenvalue weighted by atomic mass is 19.4. The highest BCUT2D eigenvalue weighted by Crippen LogP contribution is 2.40. The van der Waals surface area contributed by atoms with Gasteiger partial charge in [-0.25, -0.2) is 0 Å². The molecular weight excluding hydrogens is 269 g/mol. The predicted molar refractivity (Wildman–Crippen MR) is 70.2 cm³/mol. The van der Waals surface area contributed by atoms with Gasteiger partial charge < -0.3 is 10.2 Å². The molecule has 2 aliphatic rings. The van der Waals surface area contributed by atoms with Crippen molar-refractivity contribution in [2.24, 2.45) is 11.8 Å². The molecule has 0 unspecified atom stereocenters. The van der Waals surface area contributed by atoms with Crippen LogP contribution in [0.5, 0.6) is 0 Å². The van der Waals surface area contributed by atoms with Gasteiger partial charge in [0.25, 0.3) is 0 Å². The number of amides is 1. The summed E-state index contributed by atoms with van der Waals surface area (Å²) >= 11 is 0. The van der Waals surface area contributed by atoms with Crippen molar-refractivity contribution in [3.8, 4) is 0 Å². The van der Waals surface area contributed by atoms with Crippen molar-refractivity contribution in [3.05, 3.63) is 0 Å². The Morgan fingerprint density at radius 1 is 1.20 bits per heavy atom. The number of alkyl halides is 3. The van der Waals surface area contributed by atoms with Crippen LogP contribution in [0.2, 0.25) is 0 Å². The smallest absolute Gasteiger partial charge is 0.335 e. The van der Waals surface area contributed by atoms with Crippen LogP contribution in [0.25, 0.3) is 0 Å². The fourth-order valence-electron chi connectivity index (χ4n) is 3.28. The molecule has 1 aliphatic carbocycles. The van der Waals surface area contributed by atoms with E-state index in [-0.39, 0.29) is 30.2 Å². The van der Waals surface area contributed by atoms with E-state index in [1.165, 1.54) is 0 Å². The third-order valence-corrected chi connectivity index (χ3v) is 4.61. The summed E-state index contributed by atoms with van der Waals surface area (Å²) in [4.78, 5) is 14.4. The summed E-state index contributed by atoms with van der Waals surface area (Å²) in [6, 6.07) is 0. The lowest BCUT2D eigenvalue weighted by Crippen LogP contribution is -2.61. The average molecular weight is 292 g/mol. The maximum Gasteiger partial charge on any atom is 0.391 e. The molecule has 3 nitrogen and oxygen atoms in total. The molecule has 0 bridgehead atoms. The minimum Gasteiger partial charge on any atom is -0.335 e. The first kappa shape index (κ1) is 15.6. The molecule has 0 aromatic carbocycles. The molecule has 0 aromatic heterocycles. The predicted octanol–water partition coefficient (Wildman–Crippen LogP) is 2.57. The molecule has 0 atom stereocenters. The van der Waals surface area contributed by atoms with Crippen molar-refractivity contribution in [3.63, 3.8) is 0 Å². The lowest BCUT2D eigenvalue weighted by molar-refractivity contribution is -0.186. The Morgan fingerprint density at radius 2 is 1.80 bits per heavy atom. The number of rotatable bonds is 1. The van der Waals surface area contributed by atoms with E-state index in [4.69, 9.17) is 0 Å². The van der Waals surface area contributed by atoms with Crippen LogP contribution in [0.4, 0.5) is 13.2 Å². The van der Waals surface area contributed by atoms with E-state index in [0.717, 1.165) is 13.1 Å². The molecule has 1 heterocycles. The molecule has 2 fully saturated rings. The number of nitrogens with one attached hydrogen (secondary N) is 1. The molecule has 1 saturated heterocycles. The second-order valence-electron chi connectivity index (χ2n) is 6.57. The van der Waals surface area contributed by atoms with E-state index < -0.39 is 12.1 Å². The Balaban J connectivity index is 1.95. The fourth-order valence-corrected chi connectivity index (χ4v) is 3.28. The maximum absolute atomic E-state index is 12.6. The summed E-state index contributed by atoms with van der Waals surface area (Å²) in [5, 5.41) is 3.25.